The monoisotopic (exact) mass is 936 g/mol. The predicted molar refractivity (Wildman–Crippen MR) is 186 cm³/mol. The average molecular weight is 936 g/mol. The molecule has 0 aliphatic carbocycles. The van der Waals surface area contributed by atoms with E-state index in [1.807, 2.05) is 30.3 Å². The first-order valence-corrected chi connectivity index (χ1v) is 17.0. The summed E-state index contributed by atoms with van der Waals surface area (Å²) in [5.41, 5.74) is -11.9. The summed E-state index contributed by atoms with van der Waals surface area (Å²) in [5, 5.41) is 10.6. The molecule has 0 bridgehead atoms. The van der Waals surface area contributed by atoms with Gasteiger partial charge in [0.25, 0.3) is 5.69 Å². The van der Waals surface area contributed by atoms with Crippen molar-refractivity contribution in [1.29, 1.82) is 0 Å². The summed E-state index contributed by atoms with van der Waals surface area (Å²) in [6.07, 6.45) is -7.22. The fourth-order valence-corrected chi connectivity index (χ4v) is 6.98. The van der Waals surface area contributed by atoms with E-state index in [9.17, 15) is 62.8 Å². The third-order valence-electron chi connectivity index (χ3n) is 9.89. The van der Waals surface area contributed by atoms with Gasteiger partial charge in [0.15, 0.2) is 69.8 Å². The second kappa shape index (κ2) is 17.5. The lowest BCUT2D eigenvalue weighted by Gasteiger charge is -2.44. The molecule has 6 aromatic carbocycles. The van der Waals surface area contributed by atoms with Crippen LogP contribution in [0.15, 0.2) is 54.6 Å². The van der Waals surface area contributed by atoms with Crippen molar-refractivity contribution in [2.24, 2.45) is 0 Å². The molecule has 0 saturated heterocycles. The van der Waals surface area contributed by atoms with Crippen LogP contribution in [0, 0.1) is 126 Å². The molecular formula is C39H17BF20N2O2. The summed E-state index contributed by atoms with van der Waals surface area (Å²) in [5.74, 6) is -71.4. The van der Waals surface area contributed by atoms with Gasteiger partial charge in [-0.3, -0.25) is 14.6 Å². The van der Waals surface area contributed by atoms with Gasteiger partial charge in [-0.05, 0) is 24.3 Å². The summed E-state index contributed by atoms with van der Waals surface area (Å²) in [6.45, 7) is 0.794. The van der Waals surface area contributed by atoms with Crippen LogP contribution in [0.3, 0.4) is 0 Å². The van der Waals surface area contributed by atoms with Crippen LogP contribution in [0.5, 0.6) is 0 Å². The molecule has 0 N–H and O–H groups in total. The van der Waals surface area contributed by atoms with Crippen LogP contribution >= 0.6 is 0 Å². The zero-order valence-corrected chi connectivity index (χ0v) is 31.3. The molecular weight excluding hydrogens is 919 g/mol. The lowest BCUT2D eigenvalue weighted by molar-refractivity contribution is -0.384. The normalized spacial score (nSPS) is 11.8. The third kappa shape index (κ3) is 7.63. The van der Waals surface area contributed by atoms with Gasteiger partial charge in [0.2, 0.25) is 0 Å². The van der Waals surface area contributed by atoms with Gasteiger partial charge in [0, 0.05) is 17.7 Å². The van der Waals surface area contributed by atoms with Gasteiger partial charge in [-0.1, -0.05) is 18.2 Å². The highest BCUT2D eigenvalue weighted by atomic mass is 19.2. The summed E-state index contributed by atoms with van der Waals surface area (Å²) in [7, 11) is 4.24. The molecule has 0 unspecified atom stereocenters. The number of rotatable bonds is 8. The molecule has 0 spiro atoms. The lowest BCUT2D eigenvalue weighted by atomic mass is 9.12. The molecule has 6 aromatic rings. The van der Waals surface area contributed by atoms with Gasteiger partial charge in [-0.15, -0.1) is 21.9 Å². The quantitative estimate of drug-likeness (QED) is 0.0291. The van der Waals surface area contributed by atoms with Crippen molar-refractivity contribution in [2.75, 3.05) is 14.1 Å². The van der Waals surface area contributed by atoms with Crippen molar-refractivity contribution in [2.45, 2.75) is 6.54 Å². The van der Waals surface area contributed by atoms with Crippen LogP contribution in [-0.2, 0) is 6.54 Å². The number of hydrogen-bond acceptors (Lipinski definition) is 2. The van der Waals surface area contributed by atoms with E-state index in [4.69, 9.17) is 0 Å². The first kappa shape index (κ1) is 48.4. The Bertz CT molecular complexity index is 2480. The minimum atomic E-state index is -7.22. The van der Waals surface area contributed by atoms with Crippen molar-refractivity contribution >= 4 is 39.4 Å². The van der Waals surface area contributed by atoms with Gasteiger partial charge in [-0.2, -0.15) is 0 Å². The number of quaternary nitrogens is 1. The predicted octanol–water partition coefficient (Wildman–Crippen LogP) is 9.21. The fraction of sp³-hybridized carbons (Fsp3) is 0.0769. The third-order valence-corrected chi connectivity index (χ3v) is 9.89. The Hall–Kier alpha value is -6.66. The van der Waals surface area contributed by atoms with E-state index >= 15 is 35.1 Å². The van der Waals surface area contributed by atoms with E-state index < -0.39 is 144 Å². The summed E-state index contributed by atoms with van der Waals surface area (Å²) >= 11 is 0. The highest BCUT2D eigenvalue weighted by molar-refractivity contribution is 7.20. The largest absolute Gasteiger partial charge is 0.292 e. The molecule has 0 atom stereocenters. The van der Waals surface area contributed by atoms with Crippen LogP contribution in [0.25, 0.3) is 0 Å². The number of nitrogens with zero attached hydrogens (tertiary/aromatic N) is 2. The maximum atomic E-state index is 15.4. The van der Waals surface area contributed by atoms with Crippen molar-refractivity contribution in [1.82, 2.24) is 4.48 Å². The molecule has 338 valence electrons. The Morgan fingerprint density at radius 2 is 0.625 bits per heavy atom. The summed E-state index contributed by atoms with van der Waals surface area (Å²) in [6, 6.07) is 17.0. The Balaban J connectivity index is 0.000000337. The molecule has 25 heteroatoms. The van der Waals surface area contributed by atoms with E-state index in [0.29, 0.717) is 4.48 Å². The first-order chi connectivity index (χ1) is 29.7. The number of halogens is 20. The Morgan fingerprint density at radius 1 is 0.391 bits per heavy atom. The number of benzene rings is 6. The molecule has 6 rings (SSSR count). The number of hydrogen-bond donors (Lipinski definition) is 0. The van der Waals surface area contributed by atoms with E-state index in [1.165, 1.54) is 5.69 Å². The standard InChI is InChI=1S/C24BF20.C15H17N2O2/c26-5-1(6(27)14(35)21(42)13(5)34)25(2-7(28)15(36)22(43)16(37)8(2)29,3-9(30)17(38)23(44)18(39)10(3)31)4-11(32)19(40)24(45)20(41)12(4)33;1-17(2,15-6-4-3-5-7-15)12-13-8-10-14(11-9-13)16(18)19/h;3-11H,12H2,1-2H3/q-1;+1. The second-order valence-corrected chi connectivity index (χ2v) is 13.9. The lowest BCUT2D eigenvalue weighted by Crippen LogP contribution is -2.81. The maximum absolute atomic E-state index is 15.4. The van der Waals surface area contributed by atoms with Crippen molar-refractivity contribution in [3.8, 4) is 0 Å². The number of para-hydroxylation sites is 1. The smallest absolute Gasteiger partial charge is 0.269 e. The number of nitro benzene ring substituents is 1. The molecule has 64 heavy (non-hydrogen) atoms. The topological polar surface area (TPSA) is 43.1 Å². The molecule has 0 saturated carbocycles. The molecule has 0 radical (unpaired) electrons. The highest BCUT2D eigenvalue weighted by Crippen LogP contribution is 2.31. The minimum Gasteiger partial charge on any atom is -0.292 e. The van der Waals surface area contributed by atoms with Gasteiger partial charge in [0.05, 0.1) is 19.0 Å². The Morgan fingerprint density at radius 3 is 0.859 bits per heavy atom. The first-order valence-electron chi connectivity index (χ1n) is 17.0. The average Bonchev–Trinajstić information content (AvgIpc) is 3.26. The van der Waals surface area contributed by atoms with Crippen molar-refractivity contribution in [3.05, 3.63) is 187 Å². The van der Waals surface area contributed by atoms with Gasteiger partial charge < -0.3 is 0 Å². The molecule has 0 fully saturated rings. The van der Waals surface area contributed by atoms with E-state index in [-0.39, 0.29) is 10.6 Å². The van der Waals surface area contributed by atoms with E-state index in [0.717, 1.165) is 12.1 Å². The summed E-state index contributed by atoms with van der Waals surface area (Å²) < 4.78 is 295. The van der Waals surface area contributed by atoms with Gasteiger partial charge >= 0.3 is 0 Å². The van der Waals surface area contributed by atoms with Crippen molar-refractivity contribution < 1.29 is 92.7 Å². The van der Waals surface area contributed by atoms with Crippen LogP contribution in [0.1, 0.15) is 5.56 Å². The second-order valence-electron chi connectivity index (χ2n) is 13.9. The SMILES string of the molecule is C[N+](C)(Cc1ccc([N+](=O)[O-])cc1)c1ccccc1.Fc1c(F)c(F)c([B-](c2c(F)c(F)c(F)c(F)c2F)(c2c(F)c(F)c(F)c(F)c2F)c2c(F)c(F)c(F)c(F)c2F)c(F)c1F. The van der Waals surface area contributed by atoms with E-state index in [1.54, 1.807) is 12.1 Å². The molecule has 0 heterocycles. The Kier molecular flexibility index (Phi) is 13.2. The Labute approximate surface area is 343 Å². The minimum absolute atomic E-state index is 0.133. The zero-order chi connectivity index (χ0) is 48.2. The van der Waals surface area contributed by atoms with Crippen LogP contribution in [-0.4, -0.2) is 25.2 Å². The van der Waals surface area contributed by atoms with Crippen LogP contribution in [0.2, 0.25) is 0 Å². The molecule has 0 amide bonds. The molecule has 0 aliphatic rings. The van der Waals surface area contributed by atoms with Gasteiger partial charge in [0.1, 0.15) is 64.9 Å². The fourth-order valence-electron chi connectivity index (χ4n) is 6.98. The molecule has 0 aliphatic heterocycles. The molecule has 4 nitrogen and oxygen atoms in total. The highest BCUT2D eigenvalue weighted by Gasteiger charge is 2.52. The zero-order valence-electron chi connectivity index (χ0n) is 31.3. The molecule has 0 aromatic heterocycles. The maximum Gasteiger partial charge on any atom is 0.269 e. The number of non-ortho nitro benzene ring substituents is 1. The number of nitro groups is 1. The summed E-state index contributed by atoms with van der Waals surface area (Å²) in [4.78, 5) is 10.2. The van der Waals surface area contributed by atoms with Gasteiger partial charge in [-0.25, -0.2) is 87.8 Å². The van der Waals surface area contributed by atoms with E-state index in [2.05, 4.69) is 26.2 Å². The van der Waals surface area contributed by atoms with Crippen LogP contribution in [0.4, 0.5) is 99.2 Å². The van der Waals surface area contributed by atoms with Crippen molar-refractivity contribution in [3.63, 3.8) is 0 Å². The van der Waals surface area contributed by atoms with Crippen LogP contribution < -0.4 is 26.3 Å².